The van der Waals surface area contributed by atoms with E-state index in [1.165, 1.54) is 0 Å². The smallest absolute Gasteiger partial charge is 0.168 e. The highest BCUT2D eigenvalue weighted by Gasteiger charge is 2.07. The van der Waals surface area contributed by atoms with Crippen LogP contribution in [0.1, 0.15) is 30.6 Å². The summed E-state index contributed by atoms with van der Waals surface area (Å²) in [6, 6.07) is 4.90. The number of phenolic OH excluding ortho intramolecular Hbond substituents is 1. The van der Waals surface area contributed by atoms with Crippen LogP contribution in [0.3, 0.4) is 0 Å². The van der Waals surface area contributed by atoms with Crippen molar-refractivity contribution in [3.8, 4) is 11.5 Å². The van der Waals surface area contributed by atoms with E-state index in [2.05, 4.69) is 13.8 Å². The van der Waals surface area contributed by atoms with Gasteiger partial charge in [-0.05, 0) is 24.5 Å². The molecule has 0 saturated carbocycles. The van der Waals surface area contributed by atoms with Crippen LogP contribution in [-0.2, 0) is 0 Å². The van der Waals surface area contributed by atoms with Gasteiger partial charge in [0, 0.05) is 0 Å². The molecule has 0 heterocycles. The third kappa shape index (κ3) is 3.27. The third-order valence-electron chi connectivity index (χ3n) is 2.11. The summed E-state index contributed by atoms with van der Waals surface area (Å²) >= 11 is 0. The van der Waals surface area contributed by atoms with Crippen molar-refractivity contribution in [2.24, 2.45) is 5.92 Å². The summed E-state index contributed by atoms with van der Waals surface area (Å²) in [5, 5.41) is 9.60. The first-order valence-electron chi connectivity index (χ1n) is 5.05. The molecule has 0 atom stereocenters. The van der Waals surface area contributed by atoms with Gasteiger partial charge in [-0.3, -0.25) is 4.79 Å². The fraction of sp³-hybridized carbons (Fsp3) is 0.417. The molecule has 0 radical (unpaired) electrons. The fourth-order valence-electron chi connectivity index (χ4n) is 1.16. The molecule has 3 nitrogen and oxygen atoms in total. The van der Waals surface area contributed by atoms with E-state index in [-0.39, 0.29) is 11.3 Å². The topological polar surface area (TPSA) is 46.5 Å². The molecule has 1 rings (SSSR count). The Labute approximate surface area is 89.7 Å². The van der Waals surface area contributed by atoms with Gasteiger partial charge in [-0.2, -0.15) is 0 Å². The second kappa shape index (κ2) is 5.39. The van der Waals surface area contributed by atoms with Gasteiger partial charge in [0.25, 0.3) is 0 Å². The van der Waals surface area contributed by atoms with E-state index in [1.807, 2.05) is 0 Å². The molecule has 3 heteroatoms. The number of aromatic hydroxyl groups is 1. The van der Waals surface area contributed by atoms with E-state index in [0.29, 0.717) is 24.6 Å². The molecule has 0 aliphatic heterocycles. The summed E-state index contributed by atoms with van der Waals surface area (Å²) in [5.41, 5.74) is 0.261. The van der Waals surface area contributed by atoms with E-state index in [9.17, 15) is 9.90 Å². The number of carbonyl (C=O) groups excluding carboxylic acids is 1. The summed E-state index contributed by atoms with van der Waals surface area (Å²) in [7, 11) is 0. The van der Waals surface area contributed by atoms with E-state index in [4.69, 9.17) is 4.74 Å². The number of carbonyl (C=O) groups is 1. The average molecular weight is 208 g/mol. The van der Waals surface area contributed by atoms with Crippen LogP contribution >= 0.6 is 0 Å². The van der Waals surface area contributed by atoms with Crippen molar-refractivity contribution in [1.29, 1.82) is 0 Å². The van der Waals surface area contributed by atoms with Crippen molar-refractivity contribution in [1.82, 2.24) is 0 Å². The van der Waals surface area contributed by atoms with Crippen molar-refractivity contribution >= 4 is 6.29 Å². The average Bonchev–Trinajstić information content (AvgIpc) is 2.20. The molecular weight excluding hydrogens is 192 g/mol. The molecule has 0 fully saturated rings. The minimum Gasteiger partial charge on any atom is -0.504 e. The summed E-state index contributed by atoms with van der Waals surface area (Å²) in [5.74, 6) is 0.859. The Morgan fingerprint density at radius 3 is 2.80 bits per heavy atom. The largest absolute Gasteiger partial charge is 0.504 e. The van der Waals surface area contributed by atoms with Gasteiger partial charge >= 0.3 is 0 Å². The highest BCUT2D eigenvalue weighted by Crippen LogP contribution is 2.28. The molecule has 1 N–H and O–H groups in total. The number of rotatable bonds is 5. The number of aldehydes is 1. The Bertz CT molecular complexity index is 332. The molecule has 1 aromatic rings. The van der Waals surface area contributed by atoms with Crippen LogP contribution in [0.4, 0.5) is 0 Å². The maximum Gasteiger partial charge on any atom is 0.168 e. The van der Waals surface area contributed by atoms with E-state index < -0.39 is 0 Å². The summed E-state index contributed by atoms with van der Waals surface area (Å²) in [6.07, 6.45) is 1.54. The molecule has 0 aliphatic carbocycles. The van der Waals surface area contributed by atoms with Gasteiger partial charge in [-0.15, -0.1) is 0 Å². The van der Waals surface area contributed by atoms with Crippen molar-refractivity contribution in [3.63, 3.8) is 0 Å². The van der Waals surface area contributed by atoms with Gasteiger partial charge in [0.05, 0.1) is 12.2 Å². The monoisotopic (exact) mass is 208 g/mol. The second-order valence-corrected chi connectivity index (χ2v) is 3.84. The molecule has 0 aromatic heterocycles. The van der Waals surface area contributed by atoms with E-state index in [1.54, 1.807) is 18.2 Å². The van der Waals surface area contributed by atoms with Crippen molar-refractivity contribution in [2.75, 3.05) is 6.61 Å². The Balaban J connectivity index is 2.65. The number of ether oxygens (including phenoxy) is 1. The minimum atomic E-state index is -0.0729. The van der Waals surface area contributed by atoms with Crippen molar-refractivity contribution in [3.05, 3.63) is 23.8 Å². The van der Waals surface area contributed by atoms with Gasteiger partial charge in [0.2, 0.25) is 0 Å². The predicted molar refractivity (Wildman–Crippen MR) is 58.4 cm³/mol. The zero-order chi connectivity index (χ0) is 11.3. The maximum atomic E-state index is 10.5. The molecule has 0 aliphatic rings. The third-order valence-corrected chi connectivity index (χ3v) is 2.11. The van der Waals surface area contributed by atoms with E-state index >= 15 is 0 Å². The predicted octanol–water partition coefficient (Wildman–Crippen LogP) is 2.63. The first kappa shape index (κ1) is 11.6. The molecule has 82 valence electrons. The summed E-state index contributed by atoms with van der Waals surface area (Å²) in [6.45, 7) is 4.75. The Hall–Kier alpha value is -1.51. The zero-order valence-electron chi connectivity index (χ0n) is 9.06. The van der Waals surface area contributed by atoms with Gasteiger partial charge < -0.3 is 9.84 Å². The Morgan fingerprint density at radius 2 is 2.20 bits per heavy atom. The highest BCUT2D eigenvalue weighted by molar-refractivity contribution is 5.80. The molecule has 15 heavy (non-hydrogen) atoms. The quantitative estimate of drug-likeness (QED) is 0.756. The van der Waals surface area contributed by atoms with Crippen molar-refractivity contribution in [2.45, 2.75) is 20.3 Å². The lowest BCUT2D eigenvalue weighted by molar-refractivity contribution is 0.112. The van der Waals surface area contributed by atoms with Gasteiger partial charge in [-0.1, -0.05) is 19.9 Å². The lowest BCUT2D eigenvalue weighted by atomic mass is 10.1. The lowest BCUT2D eigenvalue weighted by Gasteiger charge is -2.10. The molecular formula is C12H16O3. The van der Waals surface area contributed by atoms with E-state index in [0.717, 1.165) is 6.42 Å². The number of para-hydroxylation sites is 1. The van der Waals surface area contributed by atoms with Crippen LogP contribution in [0.5, 0.6) is 11.5 Å². The van der Waals surface area contributed by atoms with Gasteiger partial charge in [0.15, 0.2) is 17.8 Å². The van der Waals surface area contributed by atoms with Crippen molar-refractivity contribution < 1.29 is 14.6 Å². The number of hydrogen-bond donors (Lipinski definition) is 1. The normalized spacial score (nSPS) is 10.3. The number of phenols is 1. The maximum absolute atomic E-state index is 10.5. The zero-order valence-corrected chi connectivity index (χ0v) is 9.06. The molecule has 0 amide bonds. The number of benzene rings is 1. The first-order chi connectivity index (χ1) is 7.15. The van der Waals surface area contributed by atoms with Crippen LogP contribution in [0, 0.1) is 5.92 Å². The minimum absolute atomic E-state index is 0.0729. The van der Waals surface area contributed by atoms with Crippen LogP contribution in [0.25, 0.3) is 0 Å². The van der Waals surface area contributed by atoms with Crippen LogP contribution in [0.2, 0.25) is 0 Å². The Morgan fingerprint density at radius 1 is 1.47 bits per heavy atom. The molecule has 0 saturated heterocycles. The first-order valence-corrected chi connectivity index (χ1v) is 5.05. The fourth-order valence-corrected chi connectivity index (χ4v) is 1.16. The van der Waals surface area contributed by atoms with Gasteiger partial charge in [-0.25, -0.2) is 0 Å². The highest BCUT2D eigenvalue weighted by atomic mass is 16.5. The molecule has 1 aromatic carbocycles. The van der Waals surface area contributed by atoms with Crippen LogP contribution in [0.15, 0.2) is 18.2 Å². The Kier molecular flexibility index (Phi) is 4.16. The summed E-state index contributed by atoms with van der Waals surface area (Å²) in [4.78, 5) is 10.5. The SMILES string of the molecule is CC(C)CCOc1cccc(C=O)c1O. The lowest BCUT2D eigenvalue weighted by Crippen LogP contribution is -2.01. The number of hydrogen-bond acceptors (Lipinski definition) is 3. The van der Waals surface area contributed by atoms with Gasteiger partial charge in [0.1, 0.15) is 0 Å². The van der Waals surface area contributed by atoms with Crippen LogP contribution in [-0.4, -0.2) is 18.0 Å². The molecule has 0 unspecified atom stereocenters. The standard InChI is InChI=1S/C12H16O3/c1-9(2)6-7-15-11-5-3-4-10(8-13)12(11)14/h3-5,8-9,14H,6-7H2,1-2H3. The summed E-state index contributed by atoms with van der Waals surface area (Å²) < 4.78 is 5.38. The molecule has 0 bridgehead atoms. The molecule has 0 spiro atoms. The second-order valence-electron chi connectivity index (χ2n) is 3.84. The van der Waals surface area contributed by atoms with Crippen LogP contribution < -0.4 is 4.74 Å².